The second-order valence-corrected chi connectivity index (χ2v) is 9.24. The first-order valence-electron chi connectivity index (χ1n) is 9.74. The van der Waals surface area contributed by atoms with Gasteiger partial charge in [0.1, 0.15) is 6.54 Å². The molecule has 0 heterocycles. The van der Waals surface area contributed by atoms with Gasteiger partial charge in [0.2, 0.25) is 15.9 Å². The Bertz CT molecular complexity index is 1110. The van der Waals surface area contributed by atoms with Gasteiger partial charge < -0.3 is 5.32 Å². The maximum absolute atomic E-state index is 12.6. The molecule has 0 aliphatic heterocycles. The number of amides is 1. The number of aryl methyl sites for hydroxylation is 1. The van der Waals surface area contributed by atoms with Crippen molar-refractivity contribution in [3.63, 3.8) is 0 Å². The molecule has 0 radical (unpaired) electrons. The Balaban J connectivity index is 1.71. The van der Waals surface area contributed by atoms with Crippen LogP contribution in [-0.2, 0) is 14.8 Å². The smallest absolute Gasteiger partial charge is 0.241 e. The second kappa shape index (κ2) is 9.13. The Hall–Kier alpha value is -3.12. The van der Waals surface area contributed by atoms with Gasteiger partial charge in [-0.05, 0) is 42.2 Å². The van der Waals surface area contributed by atoms with Gasteiger partial charge in [0.05, 0.1) is 18.0 Å². The molecule has 6 heteroatoms. The van der Waals surface area contributed by atoms with E-state index < -0.39 is 10.0 Å². The van der Waals surface area contributed by atoms with Crippen molar-refractivity contribution in [3.05, 3.63) is 90.0 Å². The van der Waals surface area contributed by atoms with Gasteiger partial charge in [0.25, 0.3) is 0 Å². The summed E-state index contributed by atoms with van der Waals surface area (Å²) in [6.07, 6.45) is 1.11. The van der Waals surface area contributed by atoms with Crippen molar-refractivity contribution in [1.29, 1.82) is 0 Å². The highest BCUT2D eigenvalue weighted by Gasteiger charge is 2.23. The van der Waals surface area contributed by atoms with E-state index in [0.717, 1.165) is 32.8 Å². The molecule has 0 bridgehead atoms. The monoisotopic (exact) mass is 422 g/mol. The number of nitrogens with one attached hydrogen (secondary N) is 1. The van der Waals surface area contributed by atoms with Crippen LogP contribution in [0.15, 0.2) is 78.9 Å². The summed E-state index contributed by atoms with van der Waals surface area (Å²) >= 11 is 0. The van der Waals surface area contributed by atoms with Crippen molar-refractivity contribution < 1.29 is 13.2 Å². The number of carbonyl (C=O) groups excluding carboxylic acids is 1. The van der Waals surface area contributed by atoms with Crippen LogP contribution in [0.2, 0.25) is 0 Å². The predicted molar refractivity (Wildman–Crippen MR) is 122 cm³/mol. The number of benzene rings is 3. The number of rotatable bonds is 7. The standard InChI is InChI=1S/C24H26N2O3S/c1-18-9-7-8-12-23(18)26(30(3,28)29)17-24(27)25-19(2)20-13-15-22(16-14-20)21-10-5-4-6-11-21/h4-16,19H,17H2,1-3H3,(H,25,27)/t19-/m0/s1. The molecule has 1 atom stereocenters. The molecule has 0 unspecified atom stereocenters. The third kappa shape index (κ3) is 5.27. The Morgan fingerprint density at radius 3 is 2.07 bits per heavy atom. The lowest BCUT2D eigenvalue weighted by atomic mass is 10.0. The first-order valence-corrected chi connectivity index (χ1v) is 11.6. The molecule has 0 saturated carbocycles. The molecule has 156 valence electrons. The number of anilines is 1. The Morgan fingerprint density at radius 1 is 0.900 bits per heavy atom. The molecule has 1 N–H and O–H groups in total. The molecule has 0 fully saturated rings. The van der Waals surface area contributed by atoms with E-state index in [1.54, 1.807) is 12.1 Å². The number of sulfonamides is 1. The number of hydrogen-bond donors (Lipinski definition) is 1. The molecule has 1 amide bonds. The van der Waals surface area contributed by atoms with Crippen molar-refractivity contribution in [2.75, 3.05) is 17.1 Å². The third-order valence-corrected chi connectivity index (χ3v) is 6.09. The summed E-state index contributed by atoms with van der Waals surface area (Å²) in [4.78, 5) is 12.6. The first-order chi connectivity index (χ1) is 14.3. The summed E-state index contributed by atoms with van der Waals surface area (Å²) in [6.45, 7) is 3.44. The van der Waals surface area contributed by atoms with Gasteiger partial charge >= 0.3 is 0 Å². The largest absolute Gasteiger partial charge is 0.348 e. The van der Waals surface area contributed by atoms with E-state index in [4.69, 9.17) is 0 Å². The Labute approximate surface area is 178 Å². The minimum absolute atomic E-state index is 0.249. The average molecular weight is 423 g/mol. The molecule has 0 saturated heterocycles. The lowest BCUT2D eigenvalue weighted by Crippen LogP contribution is -2.41. The van der Waals surface area contributed by atoms with Crippen LogP contribution in [0, 0.1) is 6.92 Å². The summed E-state index contributed by atoms with van der Waals surface area (Å²) in [5.41, 5.74) is 4.48. The van der Waals surface area contributed by atoms with E-state index in [1.807, 2.05) is 80.6 Å². The lowest BCUT2D eigenvalue weighted by Gasteiger charge is -2.24. The van der Waals surface area contributed by atoms with Crippen LogP contribution in [0.5, 0.6) is 0 Å². The van der Waals surface area contributed by atoms with Crippen LogP contribution in [0.1, 0.15) is 24.1 Å². The van der Waals surface area contributed by atoms with Gasteiger partial charge in [-0.15, -0.1) is 0 Å². The van der Waals surface area contributed by atoms with Crippen LogP contribution in [0.4, 0.5) is 5.69 Å². The fourth-order valence-corrected chi connectivity index (χ4v) is 4.23. The van der Waals surface area contributed by atoms with E-state index in [2.05, 4.69) is 5.32 Å². The maximum Gasteiger partial charge on any atom is 0.241 e. The molecule has 3 aromatic rings. The minimum atomic E-state index is -3.60. The third-order valence-electron chi connectivity index (χ3n) is 4.97. The highest BCUT2D eigenvalue weighted by molar-refractivity contribution is 7.92. The van der Waals surface area contributed by atoms with Crippen molar-refractivity contribution in [2.45, 2.75) is 19.9 Å². The van der Waals surface area contributed by atoms with Crippen molar-refractivity contribution in [2.24, 2.45) is 0 Å². The highest BCUT2D eigenvalue weighted by Crippen LogP contribution is 2.23. The second-order valence-electron chi connectivity index (χ2n) is 7.33. The zero-order valence-electron chi connectivity index (χ0n) is 17.4. The van der Waals surface area contributed by atoms with Crippen molar-refractivity contribution in [1.82, 2.24) is 5.32 Å². The van der Waals surface area contributed by atoms with Gasteiger partial charge in [0, 0.05) is 0 Å². The zero-order chi connectivity index (χ0) is 21.7. The Kier molecular flexibility index (Phi) is 6.57. The van der Waals surface area contributed by atoms with Gasteiger partial charge in [0.15, 0.2) is 0 Å². The average Bonchev–Trinajstić information content (AvgIpc) is 2.72. The zero-order valence-corrected chi connectivity index (χ0v) is 18.2. The molecule has 0 spiro atoms. The number of nitrogens with zero attached hydrogens (tertiary/aromatic N) is 1. The molecule has 0 aromatic heterocycles. The normalized spacial score (nSPS) is 12.2. The minimum Gasteiger partial charge on any atom is -0.348 e. The van der Waals surface area contributed by atoms with Crippen LogP contribution >= 0.6 is 0 Å². The molecule has 0 aliphatic rings. The summed E-state index contributed by atoms with van der Waals surface area (Å²) in [5.74, 6) is -0.358. The molecular weight excluding hydrogens is 396 g/mol. The fraction of sp³-hybridized carbons (Fsp3) is 0.208. The fourth-order valence-electron chi connectivity index (χ4n) is 3.32. The maximum atomic E-state index is 12.6. The SMILES string of the molecule is Cc1ccccc1N(CC(=O)N[C@@H](C)c1ccc(-c2ccccc2)cc1)S(C)(=O)=O. The topological polar surface area (TPSA) is 66.5 Å². The molecule has 0 aliphatic carbocycles. The van der Waals surface area contributed by atoms with E-state index in [9.17, 15) is 13.2 Å². The summed E-state index contributed by atoms with van der Waals surface area (Å²) in [5, 5.41) is 2.90. The molecular formula is C24H26N2O3S. The van der Waals surface area contributed by atoms with Crippen LogP contribution in [0.25, 0.3) is 11.1 Å². The number of para-hydroxylation sites is 1. The predicted octanol–water partition coefficient (Wildman–Crippen LogP) is 4.31. The molecule has 30 heavy (non-hydrogen) atoms. The Morgan fingerprint density at radius 2 is 1.47 bits per heavy atom. The summed E-state index contributed by atoms with van der Waals surface area (Å²) in [6, 6.07) is 24.9. The highest BCUT2D eigenvalue weighted by atomic mass is 32.2. The molecule has 3 aromatic carbocycles. The number of hydrogen-bond acceptors (Lipinski definition) is 3. The van der Waals surface area contributed by atoms with Crippen molar-refractivity contribution >= 4 is 21.6 Å². The van der Waals surface area contributed by atoms with E-state index in [-0.39, 0.29) is 18.5 Å². The summed E-state index contributed by atoms with van der Waals surface area (Å²) in [7, 11) is -3.60. The number of carbonyl (C=O) groups is 1. The van der Waals surface area contributed by atoms with Crippen LogP contribution in [-0.4, -0.2) is 27.1 Å². The van der Waals surface area contributed by atoms with Gasteiger partial charge in [-0.1, -0.05) is 72.8 Å². The van der Waals surface area contributed by atoms with E-state index >= 15 is 0 Å². The molecule has 5 nitrogen and oxygen atoms in total. The van der Waals surface area contributed by atoms with E-state index in [1.165, 1.54) is 0 Å². The lowest BCUT2D eigenvalue weighted by molar-refractivity contribution is -0.120. The van der Waals surface area contributed by atoms with Crippen molar-refractivity contribution in [3.8, 4) is 11.1 Å². The van der Waals surface area contributed by atoms with Crippen LogP contribution < -0.4 is 9.62 Å². The van der Waals surface area contributed by atoms with Gasteiger partial charge in [-0.3, -0.25) is 9.10 Å². The first kappa shape index (κ1) is 21.6. The van der Waals surface area contributed by atoms with Gasteiger partial charge in [-0.25, -0.2) is 8.42 Å². The summed E-state index contributed by atoms with van der Waals surface area (Å²) < 4.78 is 25.7. The quantitative estimate of drug-likeness (QED) is 0.617. The van der Waals surface area contributed by atoms with Crippen LogP contribution in [0.3, 0.4) is 0 Å². The van der Waals surface area contributed by atoms with Gasteiger partial charge in [-0.2, -0.15) is 0 Å². The van der Waals surface area contributed by atoms with E-state index in [0.29, 0.717) is 5.69 Å². The molecule has 3 rings (SSSR count).